The van der Waals surface area contributed by atoms with Crippen LogP contribution in [0.2, 0.25) is 0 Å². The molecule has 0 amide bonds. The van der Waals surface area contributed by atoms with Gasteiger partial charge in [-0.1, -0.05) is 26.3 Å². The van der Waals surface area contributed by atoms with Crippen LogP contribution in [0, 0.1) is 34.5 Å². The van der Waals surface area contributed by atoms with E-state index >= 15 is 0 Å². The Morgan fingerprint density at radius 1 is 1.17 bits per heavy atom. The fraction of sp³-hybridized carbons (Fsp3) is 0.792. The molecule has 4 aliphatic rings. The number of fused-ring (bicyclic) bond motifs is 5. The molecule has 7 atom stereocenters. The van der Waals surface area contributed by atoms with E-state index < -0.39 is 23.6 Å². The number of aliphatic hydroxyl groups is 1. The van der Waals surface area contributed by atoms with Crippen molar-refractivity contribution >= 4 is 17.5 Å². The van der Waals surface area contributed by atoms with Gasteiger partial charge in [0, 0.05) is 18.8 Å². The van der Waals surface area contributed by atoms with Gasteiger partial charge in [-0.2, -0.15) is 0 Å². The smallest absolute Gasteiger partial charge is 0.303 e. The molecule has 5 nitrogen and oxygen atoms in total. The lowest BCUT2D eigenvalue weighted by molar-refractivity contribution is -0.190. The monoisotopic (exact) mass is 402 g/mol. The Morgan fingerprint density at radius 3 is 2.52 bits per heavy atom. The molecule has 3 fully saturated rings. The summed E-state index contributed by atoms with van der Waals surface area (Å²) < 4.78 is 5.77. The molecule has 0 aromatic carbocycles. The summed E-state index contributed by atoms with van der Waals surface area (Å²) in [7, 11) is 0. The summed E-state index contributed by atoms with van der Waals surface area (Å²) in [4.78, 5) is 37.0. The molecule has 0 aliphatic heterocycles. The Bertz CT molecular complexity index is 784. The van der Waals surface area contributed by atoms with E-state index in [2.05, 4.69) is 20.8 Å². The van der Waals surface area contributed by atoms with Crippen LogP contribution in [0.25, 0.3) is 0 Å². The fourth-order valence-electron chi connectivity index (χ4n) is 8.04. The topological polar surface area (TPSA) is 80.7 Å². The highest BCUT2D eigenvalue weighted by atomic mass is 16.6. The number of aliphatic hydroxyl groups excluding tert-OH is 1. The molecule has 29 heavy (non-hydrogen) atoms. The van der Waals surface area contributed by atoms with Gasteiger partial charge in [0.2, 0.25) is 5.78 Å². The minimum atomic E-state index is -1.20. The fourth-order valence-corrected chi connectivity index (χ4v) is 8.04. The number of rotatable bonds is 3. The Morgan fingerprint density at radius 2 is 1.86 bits per heavy atom. The van der Waals surface area contributed by atoms with Crippen molar-refractivity contribution in [2.45, 2.75) is 78.2 Å². The van der Waals surface area contributed by atoms with E-state index in [0.717, 1.165) is 32.1 Å². The maximum atomic E-state index is 12.9. The lowest BCUT2D eigenvalue weighted by atomic mass is 9.44. The van der Waals surface area contributed by atoms with Gasteiger partial charge in [0.25, 0.3) is 0 Å². The lowest BCUT2D eigenvalue weighted by Gasteiger charge is -2.60. The first-order chi connectivity index (χ1) is 13.6. The molecule has 0 spiro atoms. The number of ether oxygens (including phenoxy) is 1. The van der Waals surface area contributed by atoms with E-state index in [4.69, 9.17) is 4.74 Å². The highest BCUT2D eigenvalue weighted by Crippen LogP contribution is 2.69. The summed E-state index contributed by atoms with van der Waals surface area (Å²) in [5.74, 6) is 1.04. The summed E-state index contributed by atoms with van der Waals surface area (Å²) in [5, 5.41) is 9.69. The van der Waals surface area contributed by atoms with Gasteiger partial charge in [-0.3, -0.25) is 14.4 Å². The van der Waals surface area contributed by atoms with E-state index in [1.807, 2.05) is 6.08 Å². The number of carbonyl (C=O) groups excluding carboxylic acids is 3. The molecular formula is C24H34O5. The van der Waals surface area contributed by atoms with Gasteiger partial charge in [-0.15, -0.1) is 0 Å². The number of Topliss-reactive ketones (excluding diaryl/α,β-unsaturated/α-hetero) is 1. The zero-order valence-corrected chi connectivity index (χ0v) is 18.1. The first kappa shape index (κ1) is 20.8. The third-order valence-electron chi connectivity index (χ3n) is 9.31. The van der Waals surface area contributed by atoms with Crippen molar-refractivity contribution < 1.29 is 24.2 Å². The summed E-state index contributed by atoms with van der Waals surface area (Å²) in [6.45, 7) is 7.45. The normalized spacial score (nSPS) is 46.2. The number of hydrogen-bond acceptors (Lipinski definition) is 5. The van der Waals surface area contributed by atoms with Crippen molar-refractivity contribution in [3.05, 3.63) is 11.6 Å². The highest BCUT2D eigenvalue weighted by Gasteiger charge is 2.68. The van der Waals surface area contributed by atoms with Gasteiger partial charge >= 0.3 is 5.97 Å². The average molecular weight is 403 g/mol. The molecule has 160 valence electrons. The largest absolute Gasteiger partial charge is 0.451 e. The van der Waals surface area contributed by atoms with Crippen LogP contribution in [0.15, 0.2) is 11.6 Å². The second kappa shape index (κ2) is 6.76. The molecule has 0 aromatic rings. The van der Waals surface area contributed by atoms with Crippen LogP contribution < -0.4 is 0 Å². The van der Waals surface area contributed by atoms with E-state index in [1.54, 1.807) is 0 Å². The van der Waals surface area contributed by atoms with Crippen LogP contribution in [0.4, 0.5) is 0 Å². The summed E-state index contributed by atoms with van der Waals surface area (Å²) >= 11 is 0. The van der Waals surface area contributed by atoms with Crippen LogP contribution >= 0.6 is 0 Å². The summed E-state index contributed by atoms with van der Waals surface area (Å²) in [6.07, 6.45) is 7.60. The van der Waals surface area contributed by atoms with Crippen molar-refractivity contribution in [1.82, 2.24) is 0 Å². The van der Waals surface area contributed by atoms with Gasteiger partial charge in [0.1, 0.15) is 6.61 Å². The van der Waals surface area contributed by atoms with Crippen LogP contribution in [0.1, 0.15) is 72.6 Å². The molecule has 5 heteroatoms. The molecule has 4 rings (SSSR count). The van der Waals surface area contributed by atoms with E-state index in [1.165, 1.54) is 12.5 Å². The van der Waals surface area contributed by atoms with Crippen molar-refractivity contribution in [2.75, 3.05) is 6.61 Å². The first-order valence-electron chi connectivity index (χ1n) is 11.2. The molecule has 4 aliphatic carbocycles. The van der Waals surface area contributed by atoms with Gasteiger partial charge < -0.3 is 9.84 Å². The first-order valence-corrected chi connectivity index (χ1v) is 11.2. The number of hydrogen-bond donors (Lipinski definition) is 1. The van der Waals surface area contributed by atoms with E-state index in [-0.39, 0.29) is 22.9 Å². The zero-order chi connectivity index (χ0) is 21.2. The molecule has 3 saturated carbocycles. The number of esters is 1. The van der Waals surface area contributed by atoms with Crippen molar-refractivity contribution in [2.24, 2.45) is 34.5 Å². The molecule has 0 aromatic heterocycles. The average Bonchev–Trinajstić information content (AvgIpc) is 2.95. The van der Waals surface area contributed by atoms with Crippen LogP contribution in [-0.2, 0) is 19.1 Å². The van der Waals surface area contributed by atoms with E-state index in [0.29, 0.717) is 30.6 Å². The number of ketones is 2. The molecule has 0 saturated heterocycles. The minimum Gasteiger partial charge on any atom is -0.451 e. The number of carbonyl (C=O) groups is 3. The number of allylic oxidation sites excluding steroid dienone is 1. The maximum absolute atomic E-state index is 12.9. The van der Waals surface area contributed by atoms with Crippen LogP contribution in [0.5, 0.6) is 0 Å². The minimum absolute atomic E-state index is 0.0469. The van der Waals surface area contributed by atoms with Crippen molar-refractivity contribution in [3.8, 4) is 0 Å². The summed E-state index contributed by atoms with van der Waals surface area (Å²) in [5.41, 5.74) is -0.270. The second-order valence-electron chi connectivity index (χ2n) is 10.5. The van der Waals surface area contributed by atoms with Crippen molar-refractivity contribution in [3.63, 3.8) is 0 Å². The maximum Gasteiger partial charge on any atom is 0.303 e. The Hall–Kier alpha value is -1.49. The van der Waals surface area contributed by atoms with Gasteiger partial charge in [0.15, 0.2) is 11.4 Å². The Kier molecular flexibility index (Phi) is 4.84. The van der Waals surface area contributed by atoms with Gasteiger partial charge in [0.05, 0.1) is 0 Å². The van der Waals surface area contributed by atoms with E-state index in [9.17, 15) is 19.5 Å². The third-order valence-corrected chi connectivity index (χ3v) is 9.31. The molecule has 0 heterocycles. The third kappa shape index (κ3) is 2.72. The molecule has 0 bridgehead atoms. The molecule has 0 unspecified atom stereocenters. The van der Waals surface area contributed by atoms with Gasteiger partial charge in [-0.05, 0) is 73.7 Å². The summed E-state index contributed by atoms with van der Waals surface area (Å²) in [6, 6.07) is 0. The predicted octanol–water partition coefficient (Wildman–Crippen LogP) is 3.63. The van der Waals surface area contributed by atoms with Crippen LogP contribution in [0.3, 0.4) is 0 Å². The second-order valence-corrected chi connectivity index (χ2v) is 10.5. The standard InChI is InChI=1S/C24H34O5/c1-14-11-17-18(22(3)8-5-16(27)12-20(14)22)6-9-23(4)19(17)7-10-24(23,21(28)13-25)29-15(2)26/h12,14,17-19,25H,5-11,13H2,1-4H3/t14-,17+,18-,19-,22+,23-,24-/m0/s1. The van der Waals surface area contributed by atoms with Gasteiger partial charge in [-0.25, -0.2) is 0 Å². The Labute approximate surface area is 173 Å². The quantitative estimate of drug-likeness (QED) is 0.729. The Balaban J connectivity index is 1.74. The molecule has 0 radical (unpaired) electrons. The molecule has 1 N–H and O–H groups in total. The predicted molar refractivity (Wildman–Crippen MR) is 108 cm³/mol. The van der Waals surface area contributed by atoms with Crippen LogP contribution in [-0.4, -0.2) is 34.9 Å². The lowest BCUT2D eigenvalue weighted by Crippen LogP contribution is -2.60. The SMILES string of the molecule is CC(=O)O[C@]1(C(=O)CO)CC[C@H]2[C@@H]3C[C@H](C)C4=CC(=O)CC[C@]4(C)[C@H]3CC[C@@]21C. The highest BCUT2D eigenvalue weighted by molar-refractivity contribution is 5.92. The molecular weight excluding hydrogens is 368 g/mol. The van der Waals surface area contributed by atoms with Crippen molar-refractivity contribution in [1.29, 1.82) is 0 Å². The zero-order valence-electron chi connectivity index (χ0n) is 18.1.